The normalized spacial score (nSPS) is 17.0. The number of amides is 1. The quantitative estimate of drug-likeness (QED) is 0.818. The number of nitrogens with one attached hydrogen (secondary N) is 1. The number of ether oxygens (including phenoxy) is 1. The Labute approximate surface area is 169 Å². The third kappa shape index (κ3) is 4.62. The number of fused-ring (bicyclic) bond motifs is 1. The molecule has 1 aromatic heterocycles. The van der Waals surface area contributed by atoms with Crippen LogP contribution in [0.15, 0.2) is 24.3 Å². The van der Waals surface area contributed by atoms with Crippen molar-refractivity contribution in [1.29, 1.82) is 0 Å². The van der Waals surface area contributed by atoms with Gasteiger partial charge in [-0.15, -0.1) is 22.6 Å². The smallest absolute Gasteiger partial charge is 0.225 e. The third-order valence-corrected chi connectivity index (χ3v) is 5.26. The SMILES string of the molecule is Cl.O=C(CCOc1ccc(F)cc1)N1CCC(c2nnc3n2CCNC3)CC1. The van der Waals surface area contributed by atoms with Crippen LogP contribution in [-0.4, -0.2) is 51.8 Å². The molecule has 1 saturated heterocycles. The highest BCUT2D eigenvalue weighted by molar-refractivity contribution is 5.85. The van der Waals surface area contributed by atoms with Crippen LogP contribution >= 0.6 is 12.4 Å². The molecule has 0 bridgehead atoms. The second-order valence-corrected chi connectivity index (χ2v) is 7.01. The Kier molecular flexibility index (Phi) is 6.85. The maximum absolute atomic E-state index is 12.9. The number of carbonyl (C=O) groups is 1. The number of aromatic nitrogens is 3. The minimum Gasteiger partial charge on any atom is -0.493 e. The van der Waals surface area contributed by atoms with E-state index in [1.807, 2.05) is 4.90 Å². The Bertz CT molecular complexity index is 790. The average Bonchev–Trinajstić information content (AvgIpc) is 3.14. The lowest BCUT2D eigenvalue weighted by Gasteiger charge is -2.32. The van der Waals surface area contributed by atoms with E-state index in [0.29, 0.717) is 24.7 Å². The number of halogens is 2. The van der Waals surface area contributed by atoms with Gasteiger partial charge in [-0.1, -0.05) is 0 Å². The van der Waals surface area contributed by atoms with Crippen molar-refractivity contribution in [2.45, 2.75) is 38.3 Å². The van der Waals surface area contributed by atoms with Crippen LogP contribution < -0.4 is 10.1 Å². The molecule has 0 aliphatic carbocycles. The molecule has 3 heterocycles. The molecule has 1 amide bonds. The zero-order chi connectivity index (χ0) is 18.6. The fourth-order valence-electron chi connectivity index (χ4n) is 3.75. The van der Waals surface area contributed by atoms with Crippen molar-refractivity contribution in [3.63, 3.8) is 0 Å². The van der Waals surface area contributed by atoms with Gasteiger partial charge in [-0.2, -0.15) is 0 Å². The molecule has 2 aliphatic heterocycles. The lowest BCUT2D eigenvalue weighted by Crippen LogP contribution is -2.39. The van der Waals surface area contributed by atoms with E-state index < -0.39 is 0 Å². The summed E-state index contributed by atoms with van der Waals surface area (Å²) in [5, 5.41) is 12.0. The molecule has 0 unspecified atom stereocenters. The summed E-state index contributed by atoms with van der Waals surface area (Å²) in [7, 11) is 0. The zero-order valence-corrected chi connectivity index (χ0v) is 16.5. The Hall–Kier alpha value is -2.19. The first-order valence-corrected chi connectivity index (χ1v) is 9.49. The summed E-state index contributed by atoms with van der Waals surface area (Å²) in [6, 6.07) is 5.84. The summed E-state index contributed by atoms with van der Waals surface area (Å²) in [5.41, 5.74) is 0. The van der Waals surface area contributed by atoms with Gasteiger partial charge in [0.2, 0.25) is 5.91 Å². The van der Waals surface area contributed by atoms with Crippen LogP contribution in [0.2, 0.25) is 0 Å². The summed E-state index contributed by atoms with van der Waals surface area (Å²) >= 11 is 0. The first-order chi connectivity index (χ1) is 13.2. The fraction of sp³-hybridized carbons (Fsp3) is 0.526. The summed E-state index contributed by atoms with van der Waals surface area (Å²) in [5.74, 6) is 2.82. The summed E-state index contributed by atoms with van der Waals surface area (Å²) in [4.78, 5) is 14.3. The molecule has 0 radical (unpaired) electrons. The molecule has 9 heteroatoms. The highest BCUT2D eigenvalue weighted by Crippen LogP contribution is 2.28. The number of likely N-dealkylation sites (tertiary alicyclic amines) is 1. The molecular weight excluding hydrogens is 385 g/mol. The van der Waals surface area contributed by atoms with Crippen molar-refractivity contribution in [2.24, 2.45) is 0 Å². The standard InChI is InChI=1S/C19H24FN5O2.ClH/c20-15-1-3-16(4-2-15)27-12-7-18(26)24-9-5-14(6-10-24)19-23-22-17-13-21-8-11-25(17)19;/h1-4,14,21H,5-13H2;1H. The van der Waals surface area contributed by atoms with Gasteiger partial charge in [-0.25, -0.2) is 4.39 Å². The van der Waals surface area contributed by atoms with Crippen LogP contribution in [0.4, 0.5) is 4.39 Å². The van der Waals surface area contributed by atoms with Gasteiger partial charge in [-0.3, -0.25) is 4.79 Å². The third-order valence-electron chi connectivity index (χ3n) is 5.26. The highest BCUT2D eigenvalue weighted by Gasteiger charge is 2.28. The van der Waals surface area contributed by atoms with Gasteiger partial charge in [-0.05, 0) is 37.1 Å². The first kappa shape index (κ1) is 20.5. The van der Waals surface area contributed by atoms with Gasteiger partial charge >= 0.3 is 0 Å². The second-order valence-electron chi connectivity index (χ2n) is 7.01. The Morgan fingerprint density at radius 2 is 1.93 bits per heavy atom. The molecule has 28 heavy (non-hydrogen) atoms. The number of rotatable bonds is 5. The fourth-order valence-corrected chi connectivity index (χ4v) is 3.75. The van der Waals surface area contributed by atoms with Crippen LogP contribution in [0.5, 0.6) is 5.75 Å². The molecule has 1 aromatic carbocycles. The first-order valence-electron chi connectivity index (χ1n) is 9.49. The van der Waals surface area contributed by atoms with Crippen molar-refractivity contribution in [1.82, 2.24) is 25.0 Å². The van der Waals surface area contributed by atoms with Crippen LogP contribution in [0.1, 0.15) is 36.8 Å². The van der Waals surface area contributed by atoms with Gasteiger partial charge in [0.1, 0.15) is 23.2 Å². The van der Waals surface area contributed by atoms with Crippen LogP contribution in [0.25, 0.3) is 0 Å². The van der Waals surface area contributed by atoms with E-state index in [1.165, 1.54) is 12.1 Å². The summed E-state index contributed by atoms with van der Waals surface area (Å²) in [6.07, 6.45) is 2.15. The van der Waals surface area contributed by atoms with E-state index >= 15 is 0 Å². The maximum atomic E-state index is 12.9. The summed E-state index contributed by atoms with van der Waals surface area (Å²) in [6.45, 7) is 4.41. The number of benzene rings is 1. The van der Waals surface area contributed by atoms with Gasteiger partial charge in [0.15, 0.2) is 0 Å². The molecule has 7 nitrogen and oxygen atoms in total. The van der Waals surface area contributed by atoms with E-state index in [4.69, 9.17) is 4.74 Å². The maximum Gasteiger partial charge on any atom is 0.225 e. The predicted molar refractivity (Wildman–Crippen MR) is 104 cm³/mol. The van der Waals surface area contributed by atoms with Crippen molar-refractivity contribution in [2.75, 3.05) is 26.2 Å². The lowest BCUT2D eigenvalue weighted by molar-refractivity contribution is -0.132. The minimum absolute atomic E-state index is 0. The van der Waals surface area contributed by atoms with E-state index in [2.05, 4.69) is 20.1 Å². The minimum atomic E-state index is -0.300. The van der Waals surface area contributed by atoms with Crippen LogP contribution in [-0.2, 0) is 17.9 Å². The van der Waals surface area contributed by atoms with Crippen molar-refractivity contribution in [3.8, 4) is 5.75 Å². The molecule has 0 spiro atoms. The topological polar surface area (TPSA) is 72.3 Å². The van der Waals surface area contributed by atoms with Gasteiger partial charge in [0, 0.05) is 32.1 Å². The molecule has 2 aliphatic rings. The van der Waals surface area contributed by atoms with E-state index in [0.717, 1.165) is 57.2 Å². The molecular formula is C19H25ClFN5O2. The van der Waals surface area contributed by atoms with E-state index in [1.54, 1.807) is 12.1 Å². The van der Waals surface area contributed by atoms with Crippen LogP contribution in [0, 0.1) is 5.82 Å². The van der Waals surface area contributed by atoms with Gasteiger partial charge in [0.25, 0.3) is 0 Å². The van der Waals surface area contributed by atoms with Gasteiger partial charge < -0.3 is 19.5 Å². The second kappa shape index (κ2) is 9.34. The number of carbonyl (C=O) groups excluding carboxylic acids is 1. The molecule has 1 N–H and O–H groups in total. The number of hydrogen-bond donors (Lipinski definition) is 1. The summed E-state index contributed by atoms with van der Waals surface area (Å²) < 4.78 is 20.6. The number of nitrogens with zero attached hydrogens (tertiary/aromatic N) is 4. The van der Waals surface area contributed by atoms with E-state index in [9.17, 15) is 9.18 Å². The Balaban J connectivity index is 0.00000225. The molecule has 152 valence electrons. The number of hydrogen-bond acceptors (Lipinski definition) is 5. The van der Waals surface area contributed by atoms with Crippen LogP contribution in [0.3, 0.4) is 0 Å². The van der Waals surface area contributed by atoms with E-state index in [-0.39, 0.29) is 24.1 Å². The molecule has 0 saturated carbocycles. The molecule has 0 atom stereocenters. The molecule has 1 fully saturated rings. The molecule has 2 aromatic rings. The zero-order valence-electron chi connectivity index (χ0n) is 15.6. The lowest BCUT2D eigenvalue weighted by atomic mass is 9.95. The predicted octanol–water partition coefficient (Wildman–Crippen LogP) is 2.12. The largest absolute Gasteiger partial charge is 0.493 e. The Morgan fingerprint density at radius 1 is 1.18 bits per heavy atom. The monoisotopic (exact) mass is 409 g/mol. The van der Waals surface area contributed by atoms with Crippen molar-refractivity contribution in [3.05, 3.63) is 41.7 Å². The highest BCUT2D eigenvalue weighted by atomic mass is 35.5. The van der Waals surface area contributed by atoms with Crippen molar-refractivity contribution >= 4 is 18.3 Å². The van der Waals surface area contributed by atoms with Crippen molar-refractivity contribution < 1.29 is 13.9 Å². The average molecular weight is 410 g/mol. The van der Waals surface area contributed by atoms with Gasteiger partial charge in [0.05, 0.1) is 19.6 Å². The molecule has 4 rings (SSSR count). The number of piperidine rings is 1. The Morgan fingerprint density at radius 3 is 2.68 bits per heavy atom.